The van der Waals surface area contributed by atoms with Gasteiger partial charge in [0.2, 0.25) is 5.91 Å². The SMILES string of the molecule is O=C(NCC(=O)N1CCN(c2ccc(F)cc2)CC1)Oc1ccccc1. The van der Waals surface area contributed by atoms with Gasteiger partial charge < -0.3 is 19.9 Å². The first-order chi connectivity index (χ1) is 12.6. The maximum Gasteiger partial charge on any atom is 0.413 e. The van der Waals surface area contributed by atoms with Crippen LogP contribution in [0.1, 0.15) is 0 Å². The van der Waals surface area contributed by atoms with Crippen LogP contribution in [0.5, 0.6) is 5.75 Å². The van der Waals surface area contributed by atoms with Crippen molar-refractivity contribution in [3.8, 4) is 5.75 Å². The lowest BCUT2D eigenvalue weighted by Crippen LogP contribution is -2.51. The fraction of sp³-hybridized carbons (Fsp3) is 0.263. The number of carbonyl (C=O) groups is 2. The minimum absolute atomic E-state index is 0.109. The van der Waals surface area contributed by atoms with Gasteiger partial charge in [0, 0.05) is 31.9 Å². The van der Waals surface area contributed by atoms with Gasteiger partial charge in [-0.2, -0.15) is 0 Å². The van der Waals surface area contributed by atoms with Gasteiger partial charge in [0.05, 0.1) is 0 Å². The molecule has 0 aromatic heterocycles. The molecule has 0 unspecified atom stereocenters. The number of ether oxygens (including phenoxy) is 1. The number of amides is 2. The fourth-order valence-electron chi connectivity index (χ4n) is 2.76. The summed E-state index contributed by atoms with van der Waals surface area (Å²) >= 11 is 0. The lowest BCUT2D eigenvalue weighted by atomic mass is 10.2. The van der Waals surface area contributed by atoms with Crippen LogP contribution in [0.15, 0.2) is 54.6 Å². The lowest BCUT2D eigenvalue weighted by Gasteiger charge is -2.36. The monoisotopic (exact) mass is 357 g/mol. The molecule has 1 N–H and O–H groups in total. The second kappa shape index (κ2) is 8.33. The average Bonchev–Trinajstić information content (AvgIpc) is 2.68. The summed E-state index contributed by atoms with van der Waals surface area (Å²) in [6.07, 6.45) is -0.658. The summed E-state index contributed by atoms with van der Waals surface area (Å²) < 4.78 is 18.1. The molecular formula is C19H20FN3O3. The van der Waals surface area contributed by atoms with Gasteiger partial charge in [-0.05, 0) is 36.4 Å². The molecule has 1 heterocycles. The van der Waals surface area contributed by atoms with Crippen molar-refractivity contribution in [2.45, 2.75) is 0 Å². The Bertz CT molecular complexity index is 744. The maximum atomic E-state index is 13.0. The Hall–Kier alpha value is -3.09. The van der Waals surface area contributed by atoms with E-state index in [2.05, 4.69) is 10.2 Å². The van der Waals surface area contributed by atoms with Crippen molar-refractivity contribution in [3.63, 3.8) is 0 Å². The standard InChI is InChI=1S/C19H20FN3O3/c20-15-6-8-16(9-7-15)22-10-12-23(13-11-22)18(24)14-21-19(25)26-17-4-2-1-3-5-17/h1-9H,10-14H2,(H,21,25). The number of halogens is 1. The Morgan fingerprint density at radius 1 is 0.962 bits per heavy atom. The van der Waals surface area contributed by atoms with Crippen LogP contribution in [0, 0.1) is 5.82 Å². The number of hydrogen-bond donors (Lipinski definition) is 1. The second-order valence-corrected chi connectivity index (χ2v) is 5.90. The van der Waals surface area contributed by atoms with E-state index in [4.69, 9.17) is 4.74 Å². The molecule has 0 saturated carbocycles. The van der Waals surface area contributed by atoms with Crippen molar-refractivity contribution in [1.82, 2.24) is 10.2 Å². The van der Waals surface area contributed by atoms with E-state index in [-0.39, 0.29) is 18.3 Å². The van der Waals surface area contributed by atoms with Crippen LogP contribution in [0.3, 0.4) is 0 Å². The summed E-state index contributed by atoms with van der Waals surface area (Å²) in [5, 5.41) is 2.47. The molecule has 2 aromatic rings. The number of nitrogens with zero attached hydrogens (tertiary/aromatic N) is 2. The molecule has 6 nitrogen and oxygen atoms in total. The third kappa shape index (κ3) is 4.72. The quantitative estimate of drug-likeness (QED) is 0.912. The normalized spacial score (nSPS) is 14.0. The van der Waals surface area contributed by atoms with Gasteiger partial charge in [0.25, 0.3) is 0 Å². The third-order valence-electron chi connectivity index (χ3n) is 4.16. The van der Waals surface area contributed by atoms with Gasteiger partial charge in [0.1, 0.15) is 18.1 Å². The van der Waals surface area contributed by atoms with Crippen LogP contribution in [0.25, 0.3) is 0 Å². The Labute approximate surface area is 151 Å². The van der Waals surface area contributed by atoms with Gasteiger partial charge in [-0.1, -0.05) is 18.2 Å². The second-order valence-electron chi connectivity index (χ2n) is 5.90. The van der Waals surface area contributed by atoms with Crippen LogP contribution in [-0.4, -0.2) is 49.6 Å². The summed E-state index contributed by atoms with van der Waals surface area (Å²) in [7, 11) is 0. The van der Waals surface area contributed by atoms with Gasteiger partial charge in [-0.3, -0.25) is 4.79 Å². The molecule has 0 bridgehead atoms. The van der Waals surface area contributed by atoms with E-state index in [0.717, 1.165) is 5.69 Å². The van der Waals surface area contributed by atoms with E-state index in [1.807, 2.05) is 6.07 Å². The molecule has 2 aromatic carbocycles. The van der Waals surface area contributed by atoms with Crippen LogP contribution in [0.2, 0.25) is 0 Å². The summed E-state index contributed by atoms with van der Waals surface area (Å²) in [5.41, 5.74) is 0.933. The molecule has 1 aliphatic heterocycles. The van der Waals surface area contributed by atoms with Crippen molar-refractivity contribution < 1.29 is 18.7 Å². The molecular weight excluding hydrogens is 337 g/mol. The minimum atomic E-state index is -0.658. The smallest absolute Gasteiger partial charge is 0.410 e. The topological polar surface area (TPSA) is 61.9 Å². The van der Waals surface area contributed by atoms with E-state index in [9.17, 15) is 14.0 Å². The molecule has 3 rings (SSSR count). The zero-order valence-corrected chi connectivity index (χ0v) is 14.2. The first-order valence-corrected chi connectivity index (χ1v) is 8.41. The molecule has 1 saturated heterocycles. The van der Waals surface area contributed by atoms with Gasteiger partial charge in [0.15, 0.2) is 0 Å². The average molecular weight is 357 g/mol. The number of rotatable bonds is 4. The molecule has 0 aliphatic carbocycles. The lowest BCUT2D eigenvalue weighted by molar-refractivity contribution is -0.130. The van der Waals surface area contributed by atoms with Gasteiger partial charge in [-0.25, -0.2) is 9.18 Å². The highest BCUT2D eigenvalue weighted by Gasteiger charge is 2.21. The van der Waals surface area contributed by atoms with E-state index in [1.54, 1.807) is 41.3 Å². The zero-order chi connectivity index (χ0) is 18.4. The largest absolute Gasteiger partial charge is 0.413 e. The first-order valence-electron chi connectivity index (χ1n) is 8.41. The zero-order valence-electron chi connectivity index (χ0n) is 14.2. The summed E-state index contributed by atoms with van der Waals surface area (Å²) in [4.78, 5) is 27.7. The highest BCUT2D eigenvalue weighted by Crippen LogP contribution is 2.16. The molecule has 136 valence electrons. The van der Waals surface area contributed by atoms with Gasteiger partial charge >= 0.3 is 6.09 Å². The molecule has 2 amide bonds. The van der Waals surface area contributed by atoms with Crippen LogP contribution in [0.4, 0.5) is 14.9 Å². The Balaban J connectivity index is 1.42. The molecule has 1 aliphatic rings. The number of para-hydroxylation sites is 1. The van der Waals surface area contributed by atoms with E-state index < -0.39 is 6.09 Å². The number of hydrogen-bond acceptors (Lipinski definition) is 4. The highest BCUT2D eigenvalue weighted by atomic mass is 19.1. The van der Waals surface area contributed by atoms with E-state index >= 15 is 0 Å². The van der Waals surface area contributed by atoms with Crippen molar-refractivity contribution in [2.75, 3.05) is 37.6 Å². The summed E-state index contributed by atoms with van der Waals surface area (Å²) in [5.74, 6) is -0.00449. The number of piperazine rings is 1. The van der Waals surface area contributed by atoms with Crippen molar-refractivity contribution in [1.29, 1.82) is 0 Å². The van der Waals surface area contributed by atoms with Gasteiger partial charge in [-0.15, -0.1) is 0 Å². The minimum Gasteiger partial charge on any atom is -0.410 e. The molecule has 0 radical (unpaired) electrons. The van der Waals surface area contributed by atoms with E-state index in [1.165, 1.54) is 12.1 Å². The van der Waals surface area contributed by atoms with Crippen LogP contribution < -0.4 is 15.0 Å². The van der Waals surface area contributed by atoms with Crippen molar-refractivity contribution in [2.24, 2.45) is 0 Å². The number of nitrogens with one attached hydrogen (secondary N) is 1. The Kier molecular flexibility index (Phi) is 5.68. The van der Waals surface area contributed by atoms with Crippen LogP contribution >= 0.6 is 0 Å². The Morgan fingerprint density at radius 2 is 1.62 bits per heavy atom. The molecule has 1 fully saturated rings. The maximum absolute atomic E-state index is 13.0. The van der Waals surface area contributed by atoms with Crippen molar-refractivity contribution in [3.05, 3.63) is 60.4 Å². The molecule has 0 spiro atoms. The summed E-state index contributed by atoms with van der Waals surface area (Å²) in [6, 6.07) is 15.0. The predicted octanol–water partition coefficient (Wildman–Crippen LogP) is 2.26. The van der Waals surface area contributed by atoms with E-state index in [0.29, 0.717) is 31.9 Å². The third-order valence-corrected chi connectivity index (χ3v) is 4.16. The number of benzene rings is 2. The molecule has 7 heteroatoms. The predicted molar refractivity (Wildman–Crippen MR) is 95.7 cm³/mol. The molecule has 26 heavy (non-hydrogen) atoms. The summed E-state index contributed by atoms with van der Waals surface area (Å²) in [6.45, 7) is 2.30. The number of anilines is 1. The number of carbonyl (C=O) groups excluding carboxylic acids is 2. The molecule has 0 atom stereocenters. The fourth-order valence-corrected chi connectivity index (χ4v) is 2.76. The van der Waals surface area contributed by atoms with Crippen LogP contribution in [-0.2, 0) is 4.79 Å². The Morgan fingerprint density at radius 3 is 2.27 bits per heavy atom. The van der Waals surface area contributed by atoms with Crippen molar-refractivity contribution >= 4 is 17.7 Å². The highest BCUT2D eigenvalue weighted by molar-refractivity contribution is 5.83. The first kappa shape index (κ1) is 17.7.